The first-order valence-electron chi connectivity index (χ1n) is 2.58. The highest BCUT2D eigenvalue weighted by molar-refractivity contribution is 9.10. The lowest BCUT2D eigenvalue weighted by atomic mass is 10.3. The van der Waals surface area contributed by atoms with E-state index in [1.165, 1.54) is 0 Å². The van der Waals surface area contributed by atoms with Gasteiger partial charge >= 0.3 is 0 Å². The van der Waals surface area contributed by atoms with Crippen molar-refractivity contribution in [1.29, 1.82) is 0 Å². The maximum Gasteiger partial charge on any atom is 0.199 e. The number of halogens is 1. The molecule has 0 bridgehead atoms. The third-order valence-electron chi connectivity index (χ3n) is 1.22. The van der Waals surface area contributed by atoms with Gasteiger partial charge in [-0.05, 0) is 29.8 Å². The first-order chi connectivity index (χ1) is 4.22. The summed E-state index contributed by atoms with van der Waals surface area (Å²) in [6.45, 7) is 3.89. The van der Waals surface area contributed by atoms with Gasteiger partial charge in [0.2, 0.25) is 0 Å². The van der Waals surface area contributed by atoms with Gasteiger partial charge in [-0.15, -0.1) is 0 Å². The first kappa shape index (κ1) is 6.68. The predicted molar refractivity (Wildman–Crippen MR) is 38.0 cm³/mol. The monoisotopic (exact) mass is 185 g/mol. The Morgan fingerprint density at radius 3 is 2.44 bits per heavy atom. The van der Waals surface area contributed by atoms with Gasteiger partial charge in [0.25, 0.3) is 0 Å². The van der Waals surface area contributed by atoms with Crippen LogP contribution in [0.1, 0.15) is 11.3 Å². The summed E-state index contributed by atoms with van der Waals surface area (Å²) >= 11 is 3.26. The van der Waals surface area contributed by atoms with Crippen LogP contribution in [0, 0.1) is 20.2 Å². The quantitative estimate of drug-likeness (QED) is 0.575. The van der Waals surface area contributed by atoms with Gasteiger partial charge in [-0.2, -0.15) is 0 Å². The van der Waals surface area contributed by atoms with Crippen LogP contribution >= 0.6 is 15.9 Å². The second-order valence-corrected chi connectivity index (χ2v) is 2.58. The Labute approximate surface area is 62.5 Å². The van der Waals surface area contributed by atoms with E-state index >= 15 is 0 Å². The van der Waals surface area contributed by atoms with Gasteiger partial charge in [-0.25, -0.2) is 9.97 Å². The summed E-state index contributed by atoms with van der Waals surface area (Å²) in [5.74, 6) is 0. The molecule has 0 aromatic carbocycles. The molecule has 1 aromatic heterocycles. The number of hydrogen-bond acceptors (Lipinski definition) is 2. The number of aryl methyl sites for hydroxylation is 1. The summed E-state index contributed by atoms with van der Waals surface area (Å²) < 4.78 is 0.829. The fourth-order valence-corrected chi connectivity index (χ4v) is 0.827. The van der Waals surface area contributed by atoms with Gasteiger partial charge in [-0.1, -0.05) is 0 Å². The molecule has 0 unspecified atom stereocenters. The second kappa shape index (κ2) is 2.43. The smallest absolute Gasteiger partial charge is 0.199 e. The van der Waals surface area contributed by atoms with Crippen LogP contribution in [0.25, 0.3) is 0 Å². The lowest BCUT2D eigenvalue weighted by Crippen LogP contribution is -1.89. The van der Waals surface area contributed by atoms with E-state index in [4.69, 9.17) is 0 Å². The Morgan fingerprint density at radius 2 is 2.00 bits per heavy atom. The molecule has 47 valence electrons. The van der Waals surface area contributed by atoms with Crippen LogP contribution in [0.2, 0.25) is 0 Å². The summed E-state index contributed by atoms with van der Waals surface area (Å²) in [7, 11) is 0. The first-order valence-corrected chi connectivity index (χ1v) is 3.38. The topological polar surface area (TPSA) is 25.8 Å². The van der Waals surface area contributed by atoms with Crippen LogP contribution in [0.5, 0.6) is 0 Å². The van der Waals surface area contributed by atoms with Crippen molar-refractivity contribution in [3.63, 3.8) is 0 Å². The molecule has 1 rings (SSSR count). The lowest BCUT2D eigenvalue weighted by Gasteiger charge is -1.96. The van der Waals surface area contributed by atoms with E-state index in [9.17, 15) is 0 Å². The zero-order valence-electron chi connectivity index (χ0n) is 5.27. The van der Waals surface area contributed by atoms with Crippen molar-refractivity contribution in [2.75, 3.05) is 0 Å². The van der Waals surface area contributed by atoms with Gasteiger partial charge in [0.1, 0.15) is 4.60 Å². The molecule has 0 aliphatic heterocycles. The maximum absolute atomic E-state index is 3.87. The Kier molecular flexibility index (Phi) is 1.81. The molecule has 0 N–H and O–H groups in total. The minimum Gasteiger partial charge on any atom is -0.230 e. The molecular weight excluding hydrogens is 180 g/mol. The summed E-state index contributed by atoms with van der Waals surface area (Å²) in [6.07, 6.45) is 2.52. The van der Waals surface area contributed by atoms with E-state index < -0.39 is 0 Å². The zero-order valence-corrected chi connectivity index (χ0v) is 6.86. The van der Waals surface area contributed by atoms with Crippen LogP contribution in [0.3, 0.4) is 0 Å². The number of rotatable bonds is 0. The van der Waals surface area contributed by atoms with E-state index in [2.05, 4.69) is 32.2 Å². The van der Waals surface area contributed by atoms with Gasteiger partial charge in [0.15, 0.2) is 6.33 Å². The van der Waals surface area contributed by atoms with Crippen molar-refractivity contribution in [2.45, 2.75) is 13.8 Å². The van der Waals surface area contributed by atoms with Crippen LogP contribution < -0.4 is 0 Å². The minimum atomic E-state index is 0.829. The zero-order chi connectivity index (χ0) is 6.85. The standard InChI is InChI=1S/C6H6BrN2/c1-4-5(2)8-3-9-6(4)7/h1-2H3. The van der Waals surface area contributed by atoms with Crippen LogP contribution in [-0.4, -0.2) is 9.97 Å². The van der Waals surface area contributed by atoms with Gasteiger partial charge in [-0.3, -0.25) is 0 Å². The van der Waals surface area contributed by atoms with Crippen molar-refractivity contribution < 1.29 is 0 Å². The molecule has 1 radical (unpaired) electrons. The van der Waals surface area contributed by atoms with Crippen molar-refractivity contribution in [1.82, 2.24) is 9.97 Å². The van der Waals surface area contributed by atoms with E-state index in [-0.39, 0.29) is 0 Å². The molecule has 1 heterocycles. The predicted octanol–water partition coefficient (Wildman–Crippen LogP) is 1.66. The SMILES string of the molecule is Cc1n[c]nc(Br)c1C. The van der Waals surface area contributed by atoms with E-state index in [0.29, 0.717) is 0 Å². The minimum absolute atomic E-state index is 0.829. The van der Waals surface area contributed by atoms with Crippen LogP contribution in [-0.2, 0) is 0 Å². The number of hydrogen-bond donors (Lipinski definition) is 0. The molecule has 2 nitrogen and oxygen atoms in total. The average Bonchev–Trinajstić information content (AvgIpc) is 1.83. The molecule has 9 heavy (non-hydrogen) atoms. The van der Waals surface area contributed by atoms with Crippen molar-refractivity contribution in [3.8, 4) is 0 Å². The maximum atomic E-state index is 3.87. The normalized spacial score (nSPS) is 9.67. The molecule has 0 aliphatic carbocycles. The van der Waals surface area contributed by atoms with E-state index in [1.807, 2.05) is 13.8 Å². The average molecular weight is 186 g/mol. The summed E-state index contributed by atoms with van der Waals surface area (Å²) in [5.41, 5.74) is 2.05. The fourth-order valence-electron chi connectivity index (χ4n) is 0.461. The third kappa shape index (κ3) is 1.27. The highest BCUT2D eigenvalue weighted by Gasteiger charge is 1.97. The fraction of sp³-hybridized carbons (Fsp3) is 0.333. The Balaban J connectivity index is 3.25. The molecule has 0 aliphatic rings. The number of aromatic nitrogens is 2. The van der Waals surface area contributed by atoms with Gasteiger partial charge in [0.05, 0.1) is 0 Å². The molecule has 3 heteroatoms. The summed E-state index contributed by atoms with van der Waals surface area (Å²) in [5, 5.41) is 0. The highest BCUT2D eigenvalue weighted by atomic mass is 79.9. The Bertz CT molecular complexity index is 202. The Hall–Kier alpha value is -0.440. The molecule has 0 spiro atoms. The third-order valence-corrected chi connectivity index (χ3v) is 1.99. The lowest BCUT2D eigenvalue weighted by molar-refractivity contribution is 1.03. The van der Waals surface area contributed by atoms with Crippen molar-refractivity contribution in [3.05, 3.63) is 22.2 Å². The van der Waals surface area contributed by atoms with Crippen LogP contribution in [0.4, 0.5) is 0 Å². The molecule has 0 amide bonds. The Morgan fingerprint density at radius 1 is 1.33 bits per heavy atom. The van der Waals surface area contributed by atoms with E-state index in [0.717, 1.165) is 15.9 Å². The second-order valence-electron chi connectivity index (χ2n) is 1.82. The van der Waals surface area contributed by atoms with E-state index in [1.54, 1.807) is 0 Å². The number of nitrogens with zero attached hydrogens (tertiary/aromatic N) is 2. The molecule has 0 fully saturated rings. The molecule has 1 aromatic rings. The van der Waals surface area contributed by atoms with Gasteiger partial charge in [0, 0.05) is 11.3 Å². The van der Waals surface area contributed by atoms with Crippen LogP contribution in [0.15, 0.2) is 4.60 Å². The molecule has 0 saturated carbocycles. The van der Waals surface area contributed by atoms with Crippen molar-refractivity contribution >= 4 is 15.9 Å². The van der Waals surface area contributed by atoms with Crippen molar-refractivity contribution in [2.24, 2.45) is 0 Å². The molecule has 0 atom stereocenters. The summed E-state index contributed by atoms with van der Waals surface area (Å²) in [4.78, 5) is 7.69. The molecule has 0 saturated heterocycles. The highest BCUT2D eigenvalue weighted by Crippen LogP contribution is 2.12. The largest absolute Gasteiger partial charge is 0.230 e. The summed E-state index contributed by atoms with van der Waals surface area (Å²) in [6, 6.07) is 0. The molecular formula is C6H6BrN2. The van der Waals surface area contributed by atoms with Gasteiger partial charge < -0.3 is 0 Å².